The molecule has 0 unspecified atom stereocenters. The average Bonchev–Trinajstić information content (AvgIpc) is 2.26. The number of hydrogen-bond acceptors (Lipinski definition) is 3. The Morgan fingerprint density at radius 1 is 1.15 bits per heavy atom. The van der Waals surface area contributed by atoms with E-state index in [2.05, 4.69) is 6.92 Å². The van der Waals surface area contributed by atoms with Gasteiger partial charge in [-0.15, -0.1) is 11.3 Å². The van der Waals surface area contributed by atoms with Crippen molar-refractivity contribution < 1.29 is 0 Å². The van der Waals surface area contributed by atoms with Gasteiger partial charge in [0.25, 0.3) is 0 Å². The van der Waals surface area contributed by atoms with Crippen LogP contribution in [0.15, 0.2) is 5.70 Å². The number of rotatable bonds is 1. The average molecular weight is 196 g/mol. The second kappa shape index (κ2) is 3.42. The summed E-state index contributed by atoms with van der Waals surface area (Å²) in [6.45, 7) is 8.03. The zero-order valence-electron chi connectivity index (χ0n) is 8.56. The van der Waals surface area contributed by atoms with Gasteiger partial charge in [-0.25, -0.2) is 0 Å². The van der Waals surface area contributed by atoms with Crippen LogP contribution in [0, 0.1) is 13.8 Å². The lowest BCUT2D eigenvalue weighted by Gasteiger charge is -2.04. The fourth-order valence-corrected chi connectivity index (χ4v) is 2.40. The van der Waals surface area contributed by atoms with E-state index in [0.717, 1.165) is 22.5 Å². The number of allylic oxidation sites excluding steroid dienone is 2. The summed E-state index contributed by atoms with van der Waals surface area (Å²) in [6, 6.07) is 0. The molecular formula is C10H16N2S. The van der Waals surface area contributed by atoms with Crippen molar-refractivity contribution in [3.05, 3.63) is 21.0 Å². The highest BCUT2D eigenvalue weighted by Gasteiger charge is 2.12. The monoisotopic (exact) mass is 196 g/mol. The number of nitrogens with two attached hydrogens (primary N) is 2. The first-order valence-electron chi connectivity index (χ1n) is 4.24. The molecule has 0 aliphatic carbocycles. The molecule has 4 N–H and O–H groups in total. The molecule has 0 bridgehead atoms. The predicted octanol–water partition coefficient (Wildman–Crippen LogP) is 2.66. The highest BCUT2D eigenvalue weighted by Crippen LogP contribution is 2.35. The standard InChI is InChI=1S/C10H16N2S/c1-5(6(2)11)9-7(3)13-8(4)10(9)12/h11-12H2,1-4H3/b6-5-. The molecular weight excluding hydrogens is 180 g/mol. The van der Waals surface area contributed by atoms with E-state index in [-0.39, 0.29) is 0 Å². The Morgan fingerprint density at radius 2 is 1.69 bits per heavy atom. The molecule has 72 valence electrons. The minimum Gasteiger partial charge on any atom is -0.402 e. The molecule has 1 heterocycles. The molecule has 3 heteroatoms. The molecule has 0 fully saturated rings. The van der Waals surface area contributed by atoms with Crippen molar-refractivity contribution in [2.45, 2.75) is 27.7 Å². The molecule has 0 saturated heterocycles. The zero-order chi connectivity index (χ0) is 10.2. The molecule has 0 radical (unpaired) electrons. The summed E-state index contributed by atoms with van der Waals surface area (Å²) < 4.78 is 0. The van der Waals surface area contributed by atoms with Crippen LogP contribution in [0.3, 0.4) is 0 Å². The second-order valence-electron chi connectivity index (χ2n) is 3.31. The Balaban J connectivity index is 3.38. The Hall–Kier alpha value is -0.960. The van der Waals surface area contributed by atoms with Crippen molar-refractivity contribution in [1.82, 2.24) is 0 Å². The lowest BCUT2D eigenvalue weighted by molar-refractivity contribution is 1.30. The van der Waals surface area contributed by atoms with Gasteiger partial charge in [-0.3, -0.25) is 0 Å². The number of anilines is 1. The van der Waals surface area contributed by atoms with E-state index in [1.165, 1.54) is 9.75 Å². The summed E-state index contributed by atoms with van der Waals surface area (Å²) >= 11 is 1.73. The highest BCUT2D eigenvalue weighted by atomic mass is 32.1. The lowest BCUT2D eigenvalue weighted by atomic mass is 10.1. The van der Waals surface area contributed by atoms with Gasteiger partial charge in [-0.2, -0.15) is 0 Å². The van der Waals surface area contributed by atoms with Gasteiger partial charge >= 0.3 is 0 Å². The molecule has 1 aromatic rings. The molecule has 1 rings (SSSR count). The quantitative estimate of drug-likeness (QED) is 0.725. The van der Waals surface area contributed by atoms with E-state index < -0.39 is 0 Å². The van der Waals surface area contributed by atoms with Crippen molar-refractivity contribution in [3.8, 4) is 0 Å². The van der Waals surface area contributed by atoms with Gasteiger partial charge in [-0.1, -0.05) is 0 Å². The fraction of sp³-hybridized carbons (Fsp3) is 0.400. The molecule has 2 nitrogen and oxygen atoms in total. The van der Waals surface area contributed by atoms with Crippen molar-refractivity contribution in [3.63, 3.8) is 0 Å². The summed E-state index contributed by atoms with van der Waals surface area (Å²) in [4.78, 5) is 2.42. The van der Waals surface area contributed by atoms with Gasteiger partial charge in [0.2, 0.25) is 0 Å². The summed E-state index contributed by atoms with van der Waals surface area (Å²) in [5.74, 6) is 0. The van der Waals surface area contributed by atoms with E-state index >= 15 is 0 Å². The van der Waals surface area contributed by atoms with Crippen LogP contribution >= 0.6 is 11.3 Å². The normalized spacial score (nSPS) is 12.9. The molecule has 0 saturated carbocycles. The number of hydrogen-bond donors (Lipinski definition) is 2. The minimum absolute atomic E-state index is 0.840. The van der Waals surface area contributed by atoms with Gasteiger partial charge in [-0.05, 0) is 33.3 Å². The Morgan fingerprint density at radius 3 is 2.00 bits per heavy atom. The van der Waals surface area contributed by atoms with Crippen LogP contribution in [-0.2, 0) is 0 Å². The number of nitrogen functional groups attached to an aromatic ring is 1. The first-order chi connectivity index (χ1) is 5.95. The number of thiophene rings is 1. The van der Waals surface area contributed by atoms with Crippen LogP contribution in [0.4, 0.5) is 5.69 Å². The van der Waals surface area contributed by atoms with Crippen molar-refractivity contribution >= 4 is 22.6 Å². The topological polar surface area (TPSA) is 52.0 Å². The Kier molecular flexibility index (Phi) is 2.66. The van der Waals surface area contributed by atoms with Gasteiger partial charge in [0, 0.05) is 21.0 Å². The van der Waals surface area contributed by atoms with Gasteiger partial charge in [0.15, 0.2) is 0 Å². The smallest absolute Gasteiger partial charge is 0.0532 e. The summed E-state index contributed by atoms with van der Waals surface area (Å²) in [7, 11) is 0. The van der Waals surface area contributed by atoms with Crippen LogP contribution in [0.2, 0.25) is 0 Å². The maximum absolute atomic E-state index is 5.96. The SMILES string of the molecule is C/C(N)=C(\C)c1c(C)sc(C)c1N. The van der Waals surface area contributed by atoms with Gasteiger partial charge < -0.3 is 11.5 Å². The lowest BCUT2D eigenvalue weighted by Crippen LogP contribution is -1.98. The molecule has 0 atom stereocenters. The largest absolute Gasteiger partial charge is 0.402 e. The number of aryl methyl sites for hydroxylation is 2. The molecule has 0 aliphatic heterocycles. The molecule has 13 heavy (non-hydrogen) atoms. The van der Waals surface area contributed by atoms with Crippen molar-refractivity contribution in [1.29, 1.82) is 0 Å². The molecule has 0 spiro atoms. The minimum atomic E-state index is 0.840. The van der Waals surface area contributed by atoms with Crippen LogP contribution < -0.4 is 11.5 Å². The van der Waals surface area contributed by atoms with Gasteiger partial charge in [0.05, 0.1) is 5.69 Å². The first-order valence-corrected chi connectivity index (χ1v) is 5.05. The maximum atomic E-state index is 5.96. The van der Waals surface area contributed by atoms with E-state index in [1.54, 1.807) is 11.3 Å². The van der Waals surface area contributed by atoms with Crippen molar-refractivity contribution in [2.75, 3.05) is 5.73 Å². The van der Waals surface area contributed by atoms with E-state index in [9.17, 15) is 0 Å². The third-order valence-corrected chi connectivity index (χ3v) is 3.31. The van der Waals surface area contributed by atoms with Crippen molar-refractivity contribution in [2.24, 2.45) is 5.73 Å². The molecule has 0 aromatic carbocycles. The third-order valence-electron chi connectivity index (χ3n) is 2.27. The highest BCUT2D eigenvalue weighted by molar-refractivity contribution is 7.12. The van der Waals surface area contributed by atoms with Crippen LogP contribution in [0.5, 0.6) is 0 Å². The second-order valence-corrected chi connectivity index (χ2v) is 4.74. The zero-order valence-corrected chi connectivity index (χ0v) is 9.38. The Bertz CT molecular complexity index is 357. The van der Waals surface area contributed by atoms with Crippen LogP contribution in [0.1, 0.15) is 29.2 Å². The molecule has 1 aromatic heterocycles. The fourth-order valence-electron chi connectivity index (χ4n) is 1.36. The van der Waals surface area contributed by atoms with Crippen LogP contribution in [0.25, 0.3) is 5.57 Å². The summed E-state index contributed by atoms with van der Waals surface area (Å²) in [5.41, 5.74) is 15.7. The van der Waals surface area contributed by atoms with E-state index in [1.807, 2.05) is 20.8 Å². The third kappa shape index (κ3) is 1.70. The predicted molar refractivity (Wildman–Crippen MR) is 60.7 cm³/mol. The summed E-state index contributed by atoms with van der Waals surface area (Å²) in [6.07, 6.45) is 0. The first kappa shape index (κ1) is 10.1. The Labute approximate surface area is 83.3 Å². The molecule has 0 amide bonds. The van der Waals surface area contributed by atoms with E-state index in [0.29, 0.717) is 0 Å². The van der Waals surface area contributed by atoms with Gasteiger partial charge in [0.1, 0.15) is 0 Å². The maximum Gasteiger partial charge on any atom is 0.0532 e. The van der Waals surface area contributed by atoms with Crippen LogP contribution in [-0.4, -0.2) is 0 Å². The van der Waals surface area contributed by atoms with E-state index in [4.69, 9.17) is 11.5 Å². The summed E-state index contributed by atoms with van der Waals surface area (Å²) in [5, 5.41) is 0. The molecule has 0 aliphatic rings.